The summed E-state index contributed by atoms with van der Waals surface area (Å²) in [5.41, 5.74) is 3.39. The first kappa shape index (κ1) is 41.9. The van der Waals surface area contributed by atoms with Crippen LogP contribution in [0.15, 0.2) is 176 Å². The minimum Gasteiger partial charge on any atom is -0.505 e. The summed E-state index contributed by atoms with van der Waals surface area (Å²) in [6.07, 6.45) is 0. The minimum atomic E-state index is -0.429. The van der Waals surface area contributed by atoms with Gasteiger partial charge < -0.3 is 39.4 Å². The van der Waals surface area contributed by atoms with Gasteiger partial charge in [-0.15, -0.1) is 20.5 Å². The number of nitrogens with zero attached hydrogens (tertiary/aromatic N) is 6. The fourth-order valence-corrected chi connectivity index (χ4v) is 7.06. The monoisotopic (exact) mass is 852 g/mol. The molecule has 0 aliphatic heterocycles. The van der Waals surface area contributed by atoms with Crippen LogP contribution in [-0.2, 0) is 0 Å². The zero-order valence-corrected chi connectivity index (χ0v) is 35.0. The minimum absolute atomic E-state index is 0.0606. The molecule has 0 amide bonds. The Hall–Kier alpha value is -8.78. The lowest BCUT2D eigenvalue weighted by atomic mass is 10.0. The molecule has 4 N–H and O–H groups in total. The van der Waals surface area contributed by atoms with Gasteiger partial charge in [0.15, 0.2) is 11.5 Å². The average Bonchev–Trinajstić information content (AvgIpc) is 3.33. The molecule has 0 fully saturated rings. The number of methoxy groups -OCH3 is 4. The first-order valence-corrected chi connectivity index (χ1v) is 19.7. The van der Waals surface area contributed by atoms with Crippen molar-refractivity contribution in [3.8, 4) is 45.6 Å². The fourth-order valence-electron chi connectivity index (χ4n) is 7.06. The Labute approximate surface area is 367 Å². The van der Waals surface area contributed by atoms with Crippen LogP contribution in [0.1, 0.15) is 11.1 Å². The Balaban J connectivity index is 1.10. The number of aliphatic imine (C=N–C) groups is 2. The van der Waals surface area contributed by atoms with Crippen LogP contribution < -0.4 is 18.9 Å². The molecule has 0 heterocycles. The highest BCUT2D eigenvalue weighted by molar-refractivity contribution is 6.08. The van der Waals surface area contributed by atoms with Crippen LogP contribution in [0.3, 0.4) is 0 Å². The van der Waals surface area contributed by atoms with Gasteiger partial charge >= 0.3 is 0 Å². The van der Waals surface area contributed by atoms with E-state index in [1.54, 1.807) is 97.1 Å². The number of rotatable bonds is 13. The molecular formula is C50H40N6O8. The van der Waals surface area contributed by atoms with Gasteiger partial charge in [0.05, 0.1) is 39.6 Å². The molecule has 0 radical (unpaired) electrons. The summed E-state index contributed by atoms with van der Waals surface area (Å²) >= 11 is 0. The van der Waals surface area contributed by atoms with Crippen molar-refractivity contribution in [2.24, 2.45) is 30.4 Å². The molecule has 14 heteroatoms. The van der Waals surface area contributed by atoms with Crippen molar-refractivity contribution in [1.29, 1.82) is 0 Å². The number of fused-ring (bicyclic) bond motifs is 2. The molecule has 64 heavy (non-hydrogen) atoms. The van der Waals surface area contributed by atoms with Crippen LogP contribution in [0, 0.1) is 0 Å². The second-order valence-electron chi connectivity index (χ2n) is 14.1. The molecule has 0 unspecified atom stereocenters. The number of hydrogen-bond donors (Lipinski definition) is 4. The average molecular weight is 853 g/mol. The number of ether oxygens (including phenoxy) is 4. The maximum Gasteiger partial charge on any atom is 0.222 e. The van der Waals surface area contributed by atoms with Crippen LogP contribution in [0.4, 0.5) is 34.1 Å². The second kappa shape index (κ2) is 18.5. The maximum atomic E-state index is 11.5. The van der Waals surface area contributed by atoms with E-state index in [1.165, 1.54) is 28.4 Å². The van der Waals surface area contributed by atoms with E-state index in [4.69, 9.17) is 18.9 Å². The number of aliphatic hydroxyl groups excluding tert-OH is 2. The Morgan fingerprint density at radius 2 is 0.766 bits per heavy atom. The molecule has 0 aliphatic rings. The maximum absolute atomic E-state index is 11.5. The molecule has 8 aromatic rings. The van der Waals surface area contributed by atoms with Gasteiger partial charge in [-0.05, 0) is 82.6 Å². The molecule has 0 atom stereocenters. The Morgan fingerprint density at radius 3 is 1.17 bits per heavy atom. The Kier molecular flexibility index (Phi) is 12.1. The quantitative estimate of drug-likeness (QED) is 0.0500. The van der Waals surface area contributed by atoms with Crippen molar-refractivity contribution in [3.63, 3.8) is 0 Å². The van der Waals surface area contributed by atoms with Crippen molar-refractivity contribution in [2.75, 3.05) is 28.4 Å². The third-order valence-corrected chi connectivity index (χ3v) is 10.3. The first-order chi connectivity index (χ1) is 31.2. The van der Waals surface area contributed by atoms with E-state index < -0.39 is 11.8 Å². The van der Waals surface area contributed by atoms with Crippen molar-refractivity contribution in [1.82, 2.24) is 0 Å². The zero-order valence-electron chi connectivity index (χ0n) is 35.0. The Morgan fingerprint density at radius 1 is 0.391 bits per heavy atom. The molecule has 0 aromatic heterocycles. The van der Waals surface area contributed by atoms with E-state index in [0.717, 1.165) is 11.1 Å². The topological polar surface area (TPSA) is 192 Å². The van der Waals surface area contributed by atoms with Crippen LogP contribution in [0.5, 0.6) is 34.5 Å². The molecular weight excluding hydrogens is 813 g/mol. The van der Waals surface area contributed by atoms with E-state index in [9.17, 15) is 20.4 Å². The molecule has 318 valence electrons. The summed E-state index contributed by atoms with van der Waals surface area (Å²) in [4.78, 5) is 8.65. The number of aromatic hydroxyl groups is 2. The Bertz CT molecular complexity index is 2970. The highest BCUT2D eigenvalue weighted by Gasteiger charge is 2.20. The number of phenols is 2. The molecule has 0 saturated heterocycles. The number of phenolic OH excluding ortho intramolecular Hbond substituents is 2. The summed E-state index contributed by atoms with van der Waals surface area (Å²) in [7, 11) is 6.04. The van der Waals surface area contributed by atoms with Crippen LogP contribution in [0.25, 0.3) is 32.7 Å². The summed E-state index contributed by atoms with van der Waals surface area (Å²) in [5, 5.41) is 65.7. The van der Waals surface area contributed by atoms with Gasteiger partial charge in [-0.2, -0.15) is 0 Å². The van der Waals surface area contributed by atoms with Crippen molar-refractivity contribution >= 4 is 67.5 Å². The lowest BCUT2D eigenvalue weighted by molar-refractivity contribution is 0.415. The SMILES string of the molecule is COc1cc(-c2ccc(N=Nc3c(O)c(C(O)=Nc4ccccc4OC)cc4ccccc34)c(OC)c2)ccc1N=Nc1c(O)c(C(O)=Nc2ccccc2OC)cc2ccccc12. The molecule has 8 rings (SSSR count). The summed E-state index contributed by atoms with van der Waals surface area (Å²) in [6, 6.07) is 42.5. The molecule has 8 aromatic carbocycles. The van der Waals surface area contributed by atoms with E-state index in [1.807, 2.05) is 48.5 Å². The largest absolute Gasteiger partial charge is 0.505 e. The van der Waals surface area contributed by atoms with Crippen molar-refractivity contribution in [2.45, 2.75) is 0 Å². The lowest BCUT2D eigenvalue weighted by Gasteiger charge is -2.12. The fraction of sp³-hybridized carbons (Fsp3) is 0.0800. The van der Waals surface area contributed by atoms with Crippen molar-refractivity contribution < 1.29 is 39.4 Å². The summed E-state index contributed by atoms with van der Waals surface area (Å²) in [6.45, 7) is 0. The molecule has 0 bridgehead atoms. The van der Waals surface area contributed by atoms with E-state index in [0.29, 0.717) is 67.3 Å². The van der Waals surface area contributed by atoms with E-state index >= 15 is 0 Å². The van der Waals surface area contributed by atoms with Gasteiger partial charge in [0, 0.05) is 10.8 Å². The van der Waals surface area contributed by atoms with Gasteiger partial charge in [-0.1, -0.05) is 84.9 Å². The van der Waals surface area contributed by atoms with Gasteiger partial charge in [0.25, 0.3) is 0 Å². The molecule has 0 aliphatic carbocycles. The first-order valence-electron chi connectivity index (χ1n) is 19.7. The highest BCUT2D eigenvalue weighted by Crippen LogP contribution is 2.44. The predicted octanol–water partition coefficient (Wildman–Crippen LogP) is 13.2. The molecule has 0 spiro atoms. The smallest absolute Gasteiger partial charge is 0.222 e. The summed E-state index contributed by atoms with van der Waals surface area (Å²) in [5.74, 6) is 0.202. The molecule has 0 saturated carbocycles. The van der Waals surface area contributed by atoms with Gasteiger partial charge in [-0.3, -0.25) is 0 Å². The van der Waals surface area contributed by atoms with Crippen LogP contribution in [0.2, 0.25) is 0 Å². The number of aliphatic hydroxyl groups is 2. The normalized spacial score (nSPS) is 12.1. The van der Waals surface area contributed by atoms with Gasteiger partial charge in [0.1, 0.15) is 57.1 Å². The van der Waals surface area contributed by atoms with Gasteiger partial charge in [-0.25, -0.2) is 9.98 Å². The third kappa shape index (κ3) is 8.43. The third-order valence-electron chi connectivity index (χ3n) is 10.3. The van der Waals surface area contributed by atoms with E-state index in [2.05, 4.69) is 30.4 Å². The number of hydrogen-bond acceptors (Lipinski definition) is 12. The highest BCUT2D eigenvalue weighted by atomic mass is 16.5. The number of azo groups is 2. The van der Waals surface area contributed by atoms with Crippen molar-refractivity contribution in [3.05, 3.63) is 157 Å². The standard InChI is InChI=1S/C50H40N6O8/c1-61-41-19-11-9-17-37(41)51-49(59)35-25-31-13-5-7-15-33(31)45(47(35)57)55-53-39-23-21-29(27-43(39)63-3)30-22-24-40(44(28-30)64-4)54-56-46-34-16-8-6-14-32(34)26-36(48(46)58)50(60)52-38-18-10-12-20-42(38)62-2/h5-28,57-58H,1-4H3,(H,51,59)(H,52,60). The van der Waals surface area contributed by atoms with Crippen LogP contribution >= 0.6 is 0 Å². The second-order valence-corrected chi connectivity index (χ2v) is 14.1. The summed E-state index contributed by atoms with van der Waals surface area (Å²) < 4.78 is 22.2. The van der Waals surface area contributed by atoms with Crippen LogP contribution in [-0.4, -0.2) is 60.7 Å². The molecule has 14 nitrogen and oxygen atoms in total. The predicted molar refractivity (Wildman–Crippen MR) is 248 cm³/mol. The lowest BCUT2D eigenvalue weighted by Crippen LogP contribution is -2.00. The van der Waals surface area contributed by atoms with Gasteiger partial charge in [0.2, 0.25) is 11.8 Å². The number of para-hydroxylation sites is 4. The van der Waals surface area contributed by atoms with E-state index in [-0.39, 0.29) is 34.0 Å². The number of benzene rings is 8. The zero-order chi connectivity index (χ0) is 44.7.